The zero-order chi connectivity index (χ0) is 19.7. The molecule has 4 aromatic rings. The third-order valence-electron chi connectivity index (χ3n) is 4.81. The number of sulfone groups is 1. The lowest BCUT2D eigenvalue weighted by Crippen LogP contribution is -2.07. The fourth-order valence-electron chi connectivity index (χ4n) is 3.39. The summed E-state index contributed by atoms with van der Waals surface area (Å²) in [6, 6.07) is 10.8. The average Bonchev–Trinajstić information content (AvgIpc) is 3.31. The number of hydrogen-bond donors (Lipinski definition) is 1. The van der Waals surface area contributed by atoms with Crippen molar-refractivity contribution in [2.24, 2.45) is 0 Å². The molecule has 146 valence electrons. The molecule has 3 heterocycles. The van der Waals surface area contributed by atoms with Crippen LogP contribution < -0.4 is 5.73 Å². The topological polar surface area (TPSA) is 90.9 Å². The number of unbranched alkanes of at least 4 members (excludes halogenated alkanes) is 3. The van der Waals surface area contributed by atoms with Gasteiger partial charge in [-0.1, -0.05) is 44.4 Å². The molecule has 8 heteroatoms. The van der Waals surface area contributed by atoms with E-state index in [1.807, 2.05) is 28.8 Å². The fourth-order valence-corrected chi connectivity index (χ4v) is 6.00. The molecule has 0 saturated carbocycles. The Bertz CT molecular complexity index is 1230. The number of para-hydroxylation sites is 2. The molecular weight excluding hydrogens is 392 g/mol. The number of hydrogen-bond acceptors (Lipinski definition) is 6. The van der Waals surface area contributed by atoms with Crippen LogP contribution in [0, 0.1) is 0 Å². The maximum Gasteiger partial charge on any atom is 0.221 e. The van der Waals surface area contributed by atoms with Gasteiger partial charge in [-0.05, 0) is 30.0 Å². The Morgan fingerprint density at radius 3 is 2.46 bits per heavy atom. The number of thiophene rings is 1. The molecule has 0 atom stereocenters. The minimum absolute atomic E-state index is 0.0682. The van der Waals surface area contributed by atoms with Gasteiger partial charge in [-0.3, -0.25) is 0 Å². The van der Waals surface area contributed by atoms with Gasteiger partial charge in [-0.25, -0.2) is 18.4 Å². The van der Waals surface area contributed by atoms with Crippen molar-refractivity contribution in [3.8, 4) is 0 Å². The summed E-state index contributed by atoms with van der Waals surface area (Å²) < 4.78 is 28.7. The maximum absolute atomic E-state index is 13.3. The van der Waals surface area contributed by atoms with Gasteiger partial charge in [-0.15, -0.1) is 11.3 Å². The Morgan fingerprint density at radius 2 is 1.79 bits per heavy atom. The zero-order valence-corrected chi connectivity index (χ0v) is 17.3. The van der Waals surface area contributed by atoms with Crippen LogP contribution in [-0.2, 0) is 16.4 Å². The molecule has 3 aromatic heterocycles. The first kappa shape index (κ1) is 18.9. The van der Waals surface area contributed by atoms with Gasteiger partial charge in [0.25, 0.3) is 0 Å². The van der Waals surface area contributed by atoms with Gasteiger partial charge >= 0.3 is 0 Å². The highest BCUT2D eigenvalue weighted by Crippen LogP contribution is 2.36. The lowest BCUT2D eigenvalue weighted by atomic mass is 10.2. The van der Waals surface area contributed by atoms with Crippen molar-refractivity contribution in [2.75, 3.05) is 5.73 Å². The summed E-state index contributed by atoms with van der Waals surface area (Å²) in [5, 5.41) is 1.74. The second-order valence-corrected chi connectivity index (χ2v) is 9.81. The summed E-state index contributed by atoms with van der Waals surface area (Å²) in [5.41, 5.74) is 8.65. The van der Waals surface area contributed by atoms with Crippen molar-refractivity contribution < 1.29 is 8.42 Å². The molecule has 28 heavy (non-hydrogen) atoms. The summed E-state index contributed by atoms with van der Waals surface area (Å²) in [4.78, 5) is 9.42. The Kier molecular flexibility index (Phi) is 5.07. The van der Waals surface area contributed by atoms with E-state index in [2.05, 4.69) is 11.9 Å². The molecule has 0 bridgehead atoms. The Balaban J connectivity index is 1.95. The molecule has 0 saturated heterocycles. The van der Waals surface area contributed by atoms with Crippen LogP contribution in [0.3, 0.4) is 0 Å². The molecule has 6 nitrogen and oxygen atoms in total. The first-order chi connectivity index (χ1) is 13.5. The number of nitrogens with zero attached hydrogens (tertiary/aromatic N) is 3. The van der Waals surface area contributed by atoms with Crippen LogP contribution in [0.25, 0.3) is 22.2 Å². The molecule has 0 aliphatic carbocycles. The zero-order valence-electron chi connectivity index (χ0n) is 15.6. The molecule has 2 N–H and O–H groups in total. The van der Waals surface area contributed by atoms with E-state index >= 15 is 0 Å². The van der Waals surface area contributed by atoms with Gasteiger partial charge in [0.2, 0.25) is 9.84 Å². The standard InChI is InChI=1S/C20H22N4O2S2/c1-2-3-4-7-12-24-19(21)18(28(25,26)16-11-8-13-27-16)17-20(24)23-15-10-6-5-9-14(15)22-17/h5-6,8-11,13H,2-4,7,12,21H2,1H3. The van der Waals surface area contributed by atoms with Crippen molar-refractivity contribution >= 4 is 49.2 Å². The van der Waals surface area contributed by atoms with E-state index in [0.29, 0.717) is 23.2 Å². The normalized spacial score (nSPS) is 12.2. The number of aromatic nitrogens is 3. The van der Waals surface area contributed by atoms with E-state index in [1.54, 1.807) is 17.5 Å². The van der Waals surface area contributed by atoms with Crippen molar-refractivity contribution in [2.45, 2.75) is 48.3 Å². The maximum atomic E-state index is 13.3. The fraction of sp³-hybridized carbons (Fsp3) is 0.300. The molecule has 0 amide bonds. The van der Waals surface area contributed by atoms with E-state index < -0.39 is 9.84 Å². The van der Waals surface area contributed by atoms with Crippen molar-refractivity contribution in [1.29, 1.82) is 0 Å². The van der Waals surface area contributed by atoms with Crippen LogP contribution >= 0.6 is 11.3 Å². The van der Waals surface area contributed by atoms with Crippen LogP contribution in [-0.4, -0.2) is 23.0 Å². The summed E-state index contributed by atoms with van der Waals surface area (Å²) in [6.45, 7) is 2.78. The number of aryl methyl sites for hydroxylation is 1. The predicted octanol–water partition coefficient (Wildman–Crippen LogP) is 4.64. The summed E-state index contributed by atoms with van der Waals surface area (Å²) in [5.74, 6) is 0.218. The first-order valence-corrected chi connectivity index (χ1v) is 11.7. The van der Waals surface area contributed by atoms with Crippen LogP contribution in [0.4, 0.5) is 5.82 Å². The number of fused-ring (bicyclic) bond motifs is 2. The number of anilines is 1. The van der Waals surface area contributed by atoms with Crippen molar-refractivity contribution in [1.82, 2.24) is 14.5 Å². The van der Waals surface area contributed by atoms with Gasteiger partial charge in [0.1, 0.15) is 20.4 Å². The second kappa shape index (κ2) is 7.52. The van der Waals surface area contributed by atoms with Crippen molar-refractivity contribution in [3.63, 3.8) is 0 Å². The van der Waals surface area contributed by atoms with E-state index in [1.165, 1.54) is 11.3 Å². The molecule has 0 aliphatic heterocycles. The Hall–Kier alpha value is -2.45. The molecule has 1 aromatic carbocycles. The molecule has 0 radical (unpaired) electrons. The summed E-state index contributed by atoms with van der Waals surface area (Å²) >= 11 is 1.18. The highest BCUT2D eigenvalue weighted by Gasteiger charge is 2.30. The summed E-state index contributed by atoms with van der Waals surface area (Å²) in [7, 11) is -3.77. The molecule has 4 rings (SSSR count). The number of nitrogen functional groups attached to an aromatic ring is 1. The van der Waals surface area contributed by atoms with Gasteiger partial charge in [0.05, 0.1) is 11.0 Å². The SMILES string of the molecule is CCCCCCn1c(N)c(S(=O)(=O)c2cccs2)c2nc3ccccc3nc21. The molecule has 0 fully saturated rings. The smallest absolute Gasteiger partial charge is 0.221 e. The minimum atomic E-state index is -3.77. The highest BCUT2D eigenvalue weighted by atomic mass is 32.2. The van der Waals surface area contributed by atoms with Gasteiger partial charge in [0, 0.05) is 6.54 Å². The Labute approximate surface area is 168 Å². The minimum Gasteiger partial charge on any atom is -0.384 e. The predicted molar refractivity (Wildman–Crippen MR) is 113 cm³/mol. The number of benzene rings is 1. The summed E-state index contributed by atoms with van der Waals surface area (Å²) in [6.07, 6.45) is 4.23. The monoisotopic (exact) mass is 414 g/mol. The lowest BCUT2D eigenvalue weighted by molar-refractivity contribution is 0.590. The third kappa shape index (κ3) is 3.16. The molecule has 0 unspecified atom stereocenters. The van der Waals surface area contributed by atoms with Gasteiger partial charge in [-0.2, -0.15) is 0 Å². The van der Waals surface area contributed by atoms with E-state index in [4.69, 9.17) is 10.7 Å². The highest BCUT2D eigenvalue weighted by molar-refractivity contribution is 7.93. The average molecular weight is 415 g/mol. The van der Waals surface area contributed by atoms with Gasteiger partial charge < -0.3 is 10.3 Å². The lowest BCUT2D eigenvalue weighted by Gasteiger charge is -2.07. The number of rotatable bonds is 7. The molecule has 0 spiro atoms. The largest absolute Gasteiger partial charge is 0.384 e. The van der Waals surface area contributed by atoms with Crippen LogP contribution in [0.15, 0.2) is 50.9 Å². The molecule has 0 aliphatic rings. The van der Waals surface area contributed by atoms with E-state index in [0.717, 1.165) is 31.2 Å². The van der Waals surface area contributed by atoms with Crippen LogP contribution in [0.2, 0.25) is 0 Å². The first-order valence-electron chi connectivity index (χ1n) is 9.37. The van der Waals surface area contributed by atoms with E-state index in [9.17, 15) is 8.42 Å². The Morgan fingerprint density at radius 1 is 1.04 bits per heavy atom. The number of nitrogens with two attached hydrogens (primary N) is 1. The van der Waals surface area contributed by atoms with Crippen LogP contribution in [0.1, 0.15) is 32.6 Å². The third-order valence-corrected chi connectivity index (χ3v) is 8.02. The molecular formula is C20H22N4O2S2. The van der Waals surface area contributed by atoms with Crippen molar-refractivity contribution in [3.05, 3.63) is 41.8 Å². The van der Waals surface area contributed by atoms with Gasteiger partial charge in [0.15, 0.2) is 5.65 Å². The second-order valence-electron chi connectivity index (χ2n) is 6.75. The quantitative estimate of drug-likeness (QED) is 0.445. The van der Waals surface area contributed by atoms with E-state index in [-0.39, 0.29) is 14.9 Å². The van der Waals surface area contributed by atoms with Crippen LogP contribution in [0.5, 0.6) is 0 Å².